The van der Waals surface area contributed by atoms with Crippen molar-refractivity contribution in [2.75, 3.05) is 7.11 Å². The molecule has 1 rings (SSSR count). The minimum atomic E-state index is -1.62. The van der Waals surface area contributed by atoms with Gasteiger partial charge in [0.2, 0.25) is 5.75 Å². The molecule has 0 saturated heterocycles. The van der Waals surface area contributed by atoms with Crippen LogP contribution in [-0.2, 0) is 4.74 Å². The van der Waals surface area contributed by atoms with E-state index in [-0.39, 0.29) is 11.5 Å². The van der Waals surface area contributed by atoms with Crippen molar-refractivity contribution in [2.24, 2.45) is 0 Å². The Balaban J connectivity index is 3.08. The standard InChI is InChI=1S/C9H7NO8/c1-16-9(13)18-7-3-2-5(17-8(11)12)4-6(7)10(14)15/h2-4H,1H3,(H,11,12). The van der Waals surface area contributed by atoms with Gasteiger partial charge in [0.25, 0.3) is 0 Å². The highest BCUT2D eigenvalue weighted by molar-refractivity contribution is 5.68. The van der Waals surface area contributed by atoms with Gasteiger partial charge in [0.1, 0.15) is 5.75 Å². The second-order valence-corrected chi connectivity index (χ2v) is 2.81. The lowest BCUT2D eigenvalue weighted by Gasteiger charge is -2.05. The zero-order valence-corrected chi connectivity index (χ0v) is 8.98. The topological polar surface area (TPSA) is 125 Å². The van der Waals surface area contributed by atoms with Crippen LogP contribution in [0.25, 0.3) is 0 Å². The quantitative estimate of drug-likeness (QED) is 0.376. The smallest absolute Gasteiger partial charge is 0.449 e. The summed E-state index contributed by atoms with van der Waals surface area (Å²) in [6.07, 6.45) is -2.75. The molecule has 0 aliphatic rings. The molecular weight excluding hydrogens is 250 g/mol. The maximum absolute atomic E-state index is 10.8. The van der Waals surface area contributed by atoms with Gasteiger partial charge >= 0.3 is 18.0 Å². The average Bonchev–Trinajstić information content (AvgIpc) is 2.29. The Bertz CT molecular complexity index is 497. The van der Waals surface area contributed by atoms with E-state index in [1.807, 2.05) is 0 Å². The Hall–Kier alpha value is -2.84. The highest BCUT2D eigenvalue weighted by atomic mass is 16.7. The number of carbonyl (C=O) groups is 2. The van der Waals surface area contributed by atoms with Crippen LogP contribution in [0.1, 0.15) is 0 Å². The van der Waals surface area contributed by atoms with Gasteiger partial charge < -0.3 is 19.3 Å². The van der Waals surface area contributed by atoms with Crippen LogP contribution in [0.4, 0.5) is 15.3 Å². The Labute approximate surface area is 99.6 Å². The molecule has 0 saturated carbocycles. The van der Waals surface area contributed by atoms with Gasteiger partial charge in [-0.3, -0.25) is 10.1 Å². The van der Waals surface area contributed by atoms with Crippen molar-refractivity contribution in [2.45, 2.75) is 0 Å². The van der Waals surface area contributed by atoms with Crippen LogP contribution in [0.2, 0.25) is 0 Å². The minimum absolute atomic E-state index is 0.272. The lowest BCUT2D eigenvalue weighted by atomic mass is 10.3. The van der Waals surface area contributed by atoms with Crippen LogP contribution in [0.15, 0.2) is 18.2 Å². The summed E-state index contributed by atoms with van der Waals surface area (Å²) in [4.78, 5) is 30.9. The number of hydrogen-bond donors (Lipinski definition) is 1. The summed E-state index contributed by atoms with van der Waals surface area (Å²) in [6.45, 7) is 0. The second-order valence-electron chi connectivity index (χ2n) is 2.81. The van der Waals surface area contributed by atoms with Gasteiger partial charge in [0, 0.05) is 0 Å². The predicted molar refractivity (Wildman–Crippen MR) is 54.8 cm³/mol. The van der Waals surface area contributed by atoms with Crippen LogP contribution in [0, 0.1) is 10.1 Å². The zero-order valence-electron chi connectivity index (χ0n) is 8.98. The van der Waals surface area contributed by atoms with E-state index in [1.165, 1.54) is 0 Å². The molecule has 1 N–H and O–H groups in total. The fourth-order valence-electron chi connectivity index (χ4n) is 1.02. The van der Waals surface area contributed by atoms with E-state index in [0.29, 0.717) is 0 Å². The van der Waals surface area contributed by atoms with E-state index in [1.54, 1.807) is 0 Å². The molecule has 9 nitrogen and oxygen atoms in total. The summed E-state index contributed by atoms with van der Waals surface area (Å²) in [5.41, 5.74) is -0.626. The second kappa shape index (κ2) is 5.48. The molecule has 0 spiro atoms. The molecule has 0 unspecified atom stereocenters. The number of nitro benzene ring substituents is 1. The van der Waals surface area contributed by atoms with Crippen LogP contribution in [0.5, 0.6) is 11.5 Å². The lowest BCUT2D eigenvalue weighted by molar-refractivity contribution is -0.385. The molecule has 96 valence electrons. The SMILES string of the molecule is COC(=O)Oc1ccc(OC(=O)O)cc1[N+](=O)[O-]. The van der Waals surface area contributed by atoms with Crippen LogP contribution >= 0.6 is 0 Å². The van der Waals surface area contributed by atoms with Crippen LogP contribution in [-0.4, -0.2) is 29.5 Å². The van der Waals surface area contributed by atoms with Gasteiger partial charge in [-0.05, 0) is 12.1 Å². The molecule has 0 aliphatic heterocycles. The number of carboxylic acid groups (broad SMARTS) is 1. The molecule has 0 atom stereocenters. The average molecular weight is 257 g/mol. The molecule has 9 heteroatoms. The summed E-state index contributed by atoms with van der Waals surface area (Å²) < 4.78 is 12.9. The third-order valence-electron chi connectivity index (χ3n) is 1.69. The number of nitrogens with zero attached hydrogens (tertiary/aromatic N) is 1. The number of methoxy groups -OCH3 is 1. The summed E-state index contributed by atoms with van der Waals surface area (Å²) in [5, 5.41) is 19.1. The number of benzene rings is 1. The summed E-state index contributed by atoms with van der Waals surface area (Å²) in [7, 11) is 1.04. The van der Waals surface area contributed by atoms with Crippen molar-refractivity contribution in [3.63, 3.8) is 0 Å². The molecule has 0 radical (unpaired) electrons. The first-order valence-electron chi connectivity index (χ1n) is 4.39. The van der Waals surface area contributed by atoms with E-state index >= 15 is 0 Å². The largest absolute Gasteiger partial charge is 0.513 e. The summed E-state index contributed by atoms with van der Waals surface area (Å²) in [5.74, 6) is -0.656. The number of nitro groups is 1. The van der Waals surface area contributed by atoms with Crippen LogP contribution in [0.3, 0.4) is 0 Å². The van der Waals surface area contributed by atoms with Crippen molar-refractivity contribution in [1.82, 2.24) is 0 Å². The Kier molecular flexibility index (Phi) is 4.02. The van der Waals surface area contributed by atoms with Crippen molar-refractivity contribution in [3.05, 3.63) is 28.3 Å². The molecule has 1 aromatic rings. The maximum atomic E-state index is 10.8. The van der Waals surface area contributed by atoms with Crippen molar-refractivity contribution in [1.29, 1.82) is 0 Å². The Morgan fingerprint density at radius 1 is 1.33 bits per heavy atom. The van der Waals surface area contributed by atoms with Gasteiger partial charge in [-0.15, -0.1) is 0 Å². The highest BCUT2D eigenvalue weighted by Gasteiger charge is 2.20. The van der Waals surface area contributed by atoms with E-state index in [2.05, 4.69) is 14.2 Å². The Morgan fingerprint density at radius 2 is 2.00 bits per heavy atom. The first-order valence-corrected chi connectivity index (χ1v) is 4.39. The number of carbonyl (C=O) groups excluding carboxylic acids is 1. The van der Waals surface area contributed by atoms with Gasteiger partial charge in [0.05, 0.1) is 18.1 Å². The molecule has 0 amide bonds. The summed E-state index contributed by atoms with van der Waals surface area (Å²) in [6, 6.07) is 2.93. The summed E-state index contributed by atoms with van der Waals surface area (Å²) >= 11 is 0. The van der Waals surface area contributed by atoms with Gasteiger partial charge in [-0.25, -0.2) is 9.59 Å². The Morgan fingerprint density at radius 3 is 2.50 bits per heavy atom. The van der Waals surface area contributed by atoms with E-state index in [0.717, 1.165) is 25.3 Å². The third-order valence-corrected chi connectivity index (χ3v) is 1.69. The maximum Gasteiger partial charge on any atom is 0.513 e. The molecule has 18 heavy (non-hydrogen) atoms. The molecule has 0 aromatic heterocycles. The van der Waals surface area contributed by atoms with Gasteiger partial charge in [0.15, 0.2) is 0 Å². The molecule has 1 aromatic carbocycles. The van der Waals surface area contributed by atoms with Crippen molar-refractivity contribution >= 4 is 18.0 Å². The van der Waals surface area contributed by atoms with Gasteiger partial charge in [-0.2, -0.15) is 0 Å². The van der Waals surface area contributed by atoms with Crippen molar-refractivity contribution in [3.8, 4) is 11.5 Å². The molecule has 0 bridgehead atoms. The van der Waals surface area contributed by atoms with E-state index in [4.69, 9.17) is 5.11 Å². The molecular formula is C9H7NO8. The predicted octanol–water partition coefficient (Wildman–Crippen LogP) is 1.80. The first-order chi connectivity index (χ1) is 8.43. The fraction of sp³-hybridized carbons (Fsp3) is 0.111. The lowest BCUT2D eigenvalue weighted by Crippen LogP contribution is -2.09. The first kappa shape index (κ1) is 13.2. The number of rotatable bonds is 3. The van der Waals surface area contributed by atoms with E-state index in [9.17, 15) is 19.7 Å². The van der Waals surface area contributed by atoms with E-state index < -0.39 is 22.9 Å². The van der Waals surface area contributed by atoms with Crippen LogP contribution < -0.4 is 9.47 Å². The minimum Gasteiger partial charge on any atom is -0.449 e. The van der Waals surface area contributed by atoms with Gasteiger partial charge in [-0.1, -0.05) is 0 Å². The third kappa shape index (κ3) is 3.33. The normalized spacial score (nSPS) is 9.39. The number of ether oxygens (including phenoxy) is 3. The monoisotopic (exact) mass is 257 g/mol. The molecule has 0 aliphatic carbocycles. The molecule has 0 fully saturated rings. The fourth-order valence-corrected chi connectivity index (χ4v) is 1.02. The number of hydrogen-bond acceptors (Lipinski definition) is 7. The molecule has 0 heterocycles. The highest BCUT2D eigenvalue weighted by Crippen LogP contribution is 2.31. The van der Waals surface area contributed by atoms with Crippen molar-refractivity contribution < 1.29 is 33.8 Å². The zero-order chi connectivity index (χ0) is 13.7.